The van der Waals surface area contributed by atoms with Crippen molar-refractivity contribution in [3.05, 3.63) is 79.1 Å². The largest absolute Gasteiger partial charge is 0.339 e. The van der Waals surface area contributed by atoms with E-state index < -0.39 is 0 Å². The number of nitrogens with zero attached hydrogens (tertiary/aromatic N) is 6. The minimum Gasteiger partial charge on any atom is -0.339 e. The van der Waals surface area contributed by atoms with Gasteiger partial charge in [0.25, 0.3) is 5.91 Å². The Morgan fingerprint density at radius 1 is 0.852 bits per heavy atom. The van der Waals surface area contributed by atoms with Crippen LogP contribution >= 0.6 is 0 Å². The summed E-state index contributed by atoms with van der Waals surface area (Å²) in [4.78, 5) is 19.9. The third-order valence-corrected chi connectivity index (χ3v) is 3.57. The zero-order valence-electron chi connectivity index (χ0n) is 14.0. The van der Waals surface area contributed by atoms with Crippen molar-refractivity contribution in [3.8, 4) is 5.82 Å². The van der Waals surface area contributed by atoms with E-state index in [2.05, 4.69) is 35.9 Å². The van der Waals surface area contributed by atoms with E-state index in [1.54, 1.807) is 35.3 Å². The van der Waals surface area contributed by atoms with Gasteiger partial charge in [-0.15, -0.1) is 10.2 Å². The van der Waals surface area contributed by atoms with E-state index in [-0.39, 0.29) is 11.7 Å². The standard InChI is InChI=1S/C18H14N8O/c27-18(17-19-9-1-10-20-17)23-14-5-3-13(4-6-14)22-15-7-8-16(25-24-15)26-12-2-11-21-26/h1-12H,(H,22,24)(H,23,27). The molecule has 0 atom stereocenters. The Balaban J connectivity index is 1.40. The van der Waals surface area contributed by atoms with Crippen molar-refractivity contribution < 1.29 is 4.79 Å². The fraction of sp³-hybridized carbons (Fsp3) is 0. The van der Waals surface area contributed by atoms with Crippen LogP contribution in [-0.2, 0) is 0 Å². The van der Waals surface area contributed by atoms with E-state index in [0.717, 1.165) is 5.69 Å². The molecule has 0 saturated heterocycles. The summed E-state index contributed by atoms with van der Waals surface area (Å²) in [6.07, 6.45) is 6.52. The van der Waals surface area contributed by atoms with Gasteiger partial charge >= 0.3 is 0 Å². The highest BCUT2D eigenvalue weighted by molar-refractivity contribution is 6.01. The van der Waals surface area contributed by atoms with Crippen LogP contribution < -0.4 is 10.6 Å². The van der Waals surface area contributed by atoms with E-state index in [4.69, 9.17) is 0 Å². The number of benzene rings is 1. The van der Waals surface area contributed by atoms with Crippen molar-refractivity contribution in [2.45, 2.75) is 0 Å². The molecule has 0 radical (unpaired) electrons. The molecule has 0 spiro atoms. The number of hydrogen-bond donors (Lipinski definition) is 2. The second kappa shape index (κ2) is 7.40. The number of nitrogens with one attached hydrogen (secondary N) is 2. The molecule has 0 unspecified atom stereocenters. The molecule has 3 heterocycles. The fourth-order valence-corrected chi connectivity index (χ4v) is 2.31. The molecule has 2 N–H and O–H groups in total. The van der Waals surface area contributed by atoms with Gasteiger partial charge in [0.05, 0.1) is 0 Å². The Hall–Kier alpha value is -4.14. The predicted octanol–water partition coefficient (Wildman–Crippen LogP) is 2.45. The SMILES string of the molecule is O=C(Nc1ccc(Nc2ccc(-n3cccn3)nn2)cc1)c1ncccn1. The summed E-state index contributed by atoms with van der Waals surface area (Å²) in [7, 11) is 0. The summed E-state index contributed by atoms with van der Waals surface area (Å²) < 4.78 is 1.63. The van der Waals surface area contributed by atoms with Crippen LogP contribution in [0.3, 0.4) is 0 Å². The summed E-state index contributed by atoms with van der Waals surface area (Å²) >= 11 is 0. The molecular formula is C18H14N8O. The minimum absolute atomic E-state index is 0.118. The van der Waals surface area contributed by atoms with Gasteiger partial charge in [0.15, 0.2) is 11.6 Å². The van der Waals surface area contributed by atoms with Gasteiger partial charge in [-0.2, -0.15) is 5.10 Å². The maximum atomic E-state index is 12.0. The molecule has 3 aromatic heterocycles. The normalized spacial score (nSPS) is 10.4. The molecule has 132 valence electrons. The number of rotatable bonds is 5. The maximum absolute atomic E-state index is 12.0. The lowest BCUT2D eigenvalue weighted by Crippen LogP contribution is -2.15. The van der Waals surface area contributed by atoms with Gasteiger partial charge in [-0.1, -0.05) is 0 Å². The predicted molar refractivity (Wildman–Crippen MR) is 98.9 cm³/mol. The molecule has 0 aliphatic carbocycles. The molecule has 9 heteroatoms. The molecule has 0 fully saturated rings. The second-order valence-electron chi connectivity index (χ2n) is 5.46. The van der Waals surface area contributed by atoms with Gasteiger partial charge in [-0.3, -0.25) is 4.79 Å². The number of amides is 1. The van der Waals surface area contributed by atoms with Crippen LogP contribution in [0.2, 0.25) is 0 Å². The Morgan fingerprint density at radius 2 is 1.63 bits per heavy atom. The number of hydrogen-bond acceptors (Lipinski definition) is 7. The van der Waals surface area contributed by atoms with E-state index in [9.17, 15) is 4.79 Å². The van der Waals surface area contributed by atoms with E-state index in [0.29, 0.717) is 17.3 Å². The highest BCUT2D eigenvalue weighted by Gasteiger charge is 2.08. The number of aromatic nitrogens is 6. The van der Waals surface area contributed by atoms with Gasteiger partial charge < -0.3 is 10.6 Å². The molecular weight excluding hydrogens is 344 g/mol. The molecule has 1 amide bonds. The van der Waals surface area contributed by atoms with Gasteiger partial charge in [0.1, 0.15) is 0 Å². The van der Waals surface area contributed by atoms with Gasteiger partial charge in [-0.05, 0) is 48.5 Å². The maximum Gasteiger partial charge on any atom is 0.293 e. The third kappa shape index (κ3) is 3.93. The van der Waals surface area contributed by atoms with Crippen LogP contribution in [0.25, 0.3) is 5.82 Å². The zero-order valence-corrected chi connectivity index (χ0v) is 14.0. The molecule has 4 aromatic rings. The highest BCUT2D eigenvalue weighted by atomic mass is 16.2. The zero-order chi connectivity index (χ0) is 18.5. The van der Waals surface area contributed by atoms with Crippen LogP contribution in [-0.4, -0.2) is 35.9 Å². The van der Waals surface area contributed by atoms with Crippen LogP contribution in [0.4, 0.5) is 17.2 Å². The second-order valence-corrected chi connectivity index (χ2v) is 5.46. The summed E-state index contributed by atoms with van der Waals surface area (Å²) in [6, 6.07) is 14.3. The topological polar surface area (TPSA) is 111 Å². The lowest BCUT2D eigenvalue weighted by atomic mass is 10.2. The average molecular weight is 358 g/mol. The van der Waals surface area contributed by atoms with Gasteiger partial charge in [0, 0.05) is 36.2 Å². The Bertz CT molecular complexity index is 1020. The van der Waals surface area contributed by atoms with E-state index >= 15 is 0 Å². The van der Waals surface area contributed by atoms with Crippen molar-refractivity contribution in [2.24, 2.45) is 0 Å². The van der Waals surface area contributed by atoms with Gasteiger partial charge in [0.2, 0.25) is 5.82 Å². The summed E-state index contributed by atoms with van der Waals surface area (Å²) in [5.74, 6) is 0.982. The third-order valence-electron chi connectivity index (χ3n) is 3.57. The number of carbonyl (C=O) groups is 1. The Morgan fingerprint density at radius 3 is 2.30 bits per heavy atom. The van der Waals surface area contributed by atoms with E-state index in [1.165, 1.54) is 12.4 Å². The van der Waals surface area contributed by atoms with Crippen LogP contribution in [0, 0.1) is 0 Å². The molecule has 27 heavy (non-hydrogen) atoms. The minimum atomic E-state index is -0.364. The smallest absolute Gasteiger partial charge is 0.293 e. The molecule has 4 rings (SSSR count). The number of anilines is 3. The monoisotopic (exact) mass is 358 g/mol. The summed E-state index contributed by atoms with van der Waals surface area (Å²) in [5, 5.41) is 18.3. The first-order chi connectivity index (χ1) is 13.3. The van der Waals surface area contributed by atoms with Crippen molar-refractivity contribution >= 4 is 23.1 Å². The summed E-state index contributed by atoms with van der Waals surface area (Å²) in [6.45, 7) is 0. The molecule has 0 aliphatic heterocycles. The van der Waals surface area contributed by atoms with E-state index in [1.807, 2.05) is 30.3 Å². The lowest BCUT2D eigenvalue weighted by Gasteiger charge is -2.08. The Kier molecular flexibility index (Phi) is 4.48. The van der Waals surface area contributed by atoms with Crippen LogP contribution in [0.5, 0.6) is 0 Å². The fourth-order valence-electron chi connectivity index (χ4n) is 2.31. The lowest BCUT2D eigenvalue weighted by molar-refractivity contribution is 0.101. The summed E-state index contributed by atoms with van der Waals surface area (Å²) in [5.41, 5.74) is 1.45. The van der Waals surface area contributed by atoms with Crippen molar-refractivity contribution in [1.29, 1.82) is 0 Å². The van der Waals surface area contributed by atoms with Crippen molar-refractivity contribution in [1.82, 2.24) is 29.9 Å². The molecule has 0 aliphatic rings. The molecule has 1 aromatic carbocycles. The van der Waals surface area contributed by atoms with Crippen molar-refractivity contribution in [2.75, 3.05) is 10.6 Å². The molecule has 0 bridgehead atoms. The van der Waals surface area contributed by atoms with Crippen LogP contribution in [0.15, 0.2) is 73.3 Å². The quantitative estimate of drug-likeness (QED) is 0.564. The number of carbonyl (C=O) groups excluding carboxylic acids is 1. The first kappa shape index (κ1) is 16.3. The first-order valence-corrected chi connectivity index (χ1v) is 8.07. The average Bonchev–Trinajstić information content (AvgIpc) is 3.26. The highest BCUT2D eigenvalue weighted by Crippen LogP contribution is 2.18. The van der Waals surface area contributed by atoms with Crippen LogP contribution in [0.1, 0.15) is 10.6 Å². The van der Waals surface area contributed by atoms with Gasteiger partial charge in [-0.25, -0.2) is 14.6 Å². The molecule has 9 nitrogen and oxygen atoms in total. The first-order valence-electron chi connectivity index (χ1n) is 8.07. The molecule has 0 saturated carbocycles. The Labute approximate surface area is 154 Å². The van der Waals surface area contributed by atoms with Crippen molar-refractivity contribution in [3.63, 3.8) is 0 Å².